The van der Waals surface area contributed by atoms with Crippen molar-refractivity contribution in [3.8, 4) is 17.2 Å². The number of hydrogen-bond acceptors (Lipinski definition) is 6. The summed E-state index contributed by atoms with van der Waals surface area (Å²) in [6.07, 6.45) is 15.7. The molecule has 0 spiro atoms. The summed E-state index contributed by atoms with van der Waals surface area (Å²) in [5.41, 5.74) is 5.12. The highest BCUT2D eigenvalue weighted by Crippen LogP contribution is 2.30. The summed E-state index contributed by atoms with van der Waals surface area (Å²) in [4.78, 5) is 21.3. The SMILES string of the molecule is C=N/C(=C\C=C(/C)c1cc(-c2cnn(C)c2)cn2ncc(C#N)c12)N1CCN(C(=O)C2CCCC2)CC1. The van der Waals surface area contributed by atoms with Crippen molar-refractivity contribution in [1.82, 2.24) is 29.2 Å². The Morgan fingerprint density at radius 1 is 1.08 bits per heavy atom. The first-order valence-corrected chi connectivity index (χ1v) is 12.8. The molecular weight excluding hydrogens is 464 g/mol. The van der Waals surface area contributed by atoms with Gasteiger partial charge in [0, 0.05) is 68.2 Å². The van der Waals surface area contributed by atoms with Crippen molar-refractivity contribution in [3.05, 3.63) is 60.0 Å². The monoisotopic (exact) mass is 496 g/mol. The van der Waals surface area contributed by atoms with E-state index in [9.17, 15) is 10.1 Å². The van der Waals surface area contributed by atoms with E-state index in [1.165, 1.54) is 12.8 Å². The Morgan fingerprint density at radius 2 is 1.81 bits per heavy atom. The maximum absolute atomic E-state index is 12.8. The summed E-state index contributed by atoms with van der Waals surface area (Å²) >= 11 is 0. The van der Waals surface area contributed by atoms with Crippen molar-refractivity contribution in [1.29, 1.82) is 5.26 Å². The first-order chi connectivity index (χ1) is 18.0. The summed E-state index contributed by atoms with van der Waals surface area (Å²) in [7, 11) is 1.88. The molecule has 0 radical (unpaired) electrons. The molecular formula is C28H32N8O. The number of aryl methyl sites for hydroxylation is 1. The molecule has 4 heterocycles. The van der Waals surface area contributed by atoms with E-state index >= 15 is 0 Å². The van der Waals surface area contributed by atoms with Crippen molar-refractivity contribution in [2.45, 2.75) is 32.6 Å². The number of nitrogens with zero attached hydrogens (tertiary/aromatic N) is 8. The maximum Gasteiger partial charge on any atom is 0.225 e. The Labute approximate surface area is 217 Å². The Hall–Kier alpha value is -4.19. The standard InChI is InChI=1S/C28H32N8O/c1-20(8-9-26(30-2)34-10-12-35(13-11-34)28(37)21-6-4-5-7-21)25-14-22(24-17-31-33(3)18-24)19-36-27(25)23(15-29)16-32-36/h8-9,14,16-19,21H,2,4-7,10-13H2,1,3H3/b20-8+,26-9+. The zero-order valence-corrected chi connectivity index (χ0v) is 21.5. The summed E-state index contributed by atoms with van der Waals surface area (Å²) in [6.45, 7) is 8.70. The normalized spacial score (nSPS) is 17.4. The Morgan fingerprint density at radius 3 is 2.46 bits per heavy atom. The molecule has 0 bridgehead atoms. The number of carbonyl (C=O) groups excluding carboxylic acids is 1. The molecule has 0 aromatic carbocycles. The van der Waals surface area contributed by atoms with E-state index in [4.69, 9.17) is 0 Å². The Balaban J connectivity index is 1.39. The number of aromatic nitrogens is 4. The average Bonchev–Trinajstić information content (AvgIpc) is 3.69. The van der Waals surface area contributed by atoms with Gasteiger partial charge in [-0.1, -0.05) is 18.9 Å². The summed E-state index contributed by atoms with van der Waals surface area (Å²) in [5.74, 6) is 1.31. The fourth-order valence-electron chi connectivity index (χ4n) is 5.37. The zero-order valence-electron chi connectivity index (χ0n) is 21.5. The predicted molar refractivity (Wildman–Crippen MR) is 144 cm³/mol. The maximum atomic E-state index is 12.8. The summed E-state index contributed by atoms with van der Waals surface area (Å²) < 4.78 is 3.52. The van der Waals surface area contributed by atoms with Crippen LogP contribution in [0.25, 0.3) is 22.2 Å². The number of pyridine rings is 1. The molecule has 9 heteroatoms. The molecule has 5 rings (SSSR count). The molecule has 3 aromatic heterocycles. The van der Waals surface area contributed by atoms with E-state index in [0.717, 1.165) is 59.5 Å². The van der Waals surface area contributed by atoms with Gasteiger partial charge >= 0.3 is 0 Å². The molecule has 1 aliphatic carbocycles. The second-order valence-electron chi connectivity index (χ2n) is 9.83. The van der Waals surface area contributed by atoms with Crippen molar-refractivity contribution in [3.63, 3.8) is 0 Å². The van der Waals surface area contributed by atoms with E-state index < -0.39 is 0 Å². The van der Waals surface area contributed by atoms with Crippen LogP contribution in [0.2, 0.25) is 0 Å². The molecule has 1 saturated carbocycles. The predicted octanol–water partition coefficient (Wildman–Crippen LogP) is 3.89. The van der Waals surface area contributed by atoms with Crippen LogP contribution in [0.1, 0.15) is 43.7 Å². The summed E-state index contributed by atoms with van der Waals surface area (Å²) in [6, 6.07) is 4.33. The van der Waals surface area contributed by atoms with Crippen LogP contribution in [0.3, 0.4) is 0 Å². The van der Waals surface area contributed by atoms with Crippen molar-refractivity contribution < 1.29 is 4.79 Å². The van der Waals surface area contributed by atoms with Gasteiger partial charge in [0.15, 0.2) is 0 Å². The number of hydrogen-bond donors (Lipinski definition) is 0. The van der Waals surface area contributed by atoms with E-state index in [2.05, 4.69) is 38.9 Å². The van der Waals surface area contributed by atoms with Gasteiger partial charge in [0.05, 0.1) is 23.5 Å². The highest BCUT2D eigenvalue weighted by Gasteiger charge is 2.29. The van der Waals surface area contributed by atoms with Gasteiger partial charge in [0.25, 0.3) is 0 Å². The molecule has 2 aliphatic rings. The van der Waals surface area contributed by atoms with Crippen molar-refractivity contribution >= 4 is 23.7 Å². The fourth-order valence-corrected chi connectivity index (χ4v) is 5.37. The molecule has 9 nitrogen and oxygen atoms in total. The lowest BCUT2D eigenvalue weighted by Crippen LogP contribution is -2.49. The number of piperazine rings is 1. The number of aliphatic imine (C=N–C) groups is 1. The molecule has 0 N–H and O–H groups in total. The number of amides is 1. The van der Waals surface area contributed by atoms with E-state index in [1.54, 1.807) is 15.4 Å². The summed E-state index contributed by atoms with van der Waals surface area (Å²) in [5, 5.41) is 18.4. The van der Waals surface area contributed by atoms with Crippen LogP contribution >= 0.6 is 0 Å². The number of fused-ring (bicyclic) bond motifs is 1. The van der Waals surface area contributed by atoms with Gasteiger partial charge in [0.2, 0.25) is 5.91 Å². The highest BCUT2D eigenvalue weighted by atomic mass is 16.2. The Bertz CT molecular complexity index is 1420. The van der Waals surface area contributed by atoms with Crippen LogP contribution in [0, 0.1) is 17.2 Å². The smallest absolute Gasteiger partial charge is 0.225 e. The molecule has 37 heavy (non-hydrogen) atoms. The first-order valence-electron chi connectivity index (χ1n) is 12.8. The zero-order chi connectivity index (χ0) is 25.9. The van der Waals surface area contributed by atoms with Crippen LogP contribution in [0.4, 0.5) is 0 Å². The highest BCUT2D eigenvalue weighted by molar-refractivity contribution is 5.85. The fraction of sp³-hybridized carbons (Fsp3) is 0.393. The van der Waals surface area contributed by atoms with Crippen LogP contribution in [-0.2, 0) is 11.8 Å². The van der Waals surface area contributed by atoms with Crippen molar-refractivity contribution in [2.75, 3.05) is 26.2 Å². The van der Waals surface area contributed by atoms with Crippen molar-refractivity contribution in [2.24, 2.45) is 18.0 Å². The van der Waals surface area contributed by atoms with Crippen LogP contribution in [-0.4, -0.2) is 68.0 Å². The molecule has 2 fully saturated rings. The second-order valence-corrected chi connectivity index (χ2v) is 9.83. The van der Waals surface area contributed by atoms with E-state index in [1.807, 2.05) is 49.6 Å². The minimum atomic E-state index is 0.214. The largest absolute Gasteiger partial charge is 0.353 e. The van der Waals surface area contributed by atoms with Crippen LogP contribution in [0.15, 0.2) is 53.8 Å². The Kier molecular flexibility index (Phi) is 6.91. The van der Waals surface area contributed by atoms with Gasteiger partial charge in [-0.15, -0.1) is 0 Å². The lowest BCUT2D eigenvalue weighted by molar-refractivity contribution is -0.136. The quantitative estimate of drug-likeness (QED) is 0.381. The van der Waals surface area contributed by atoms with Gasteiger partial charge in [-0.2, -0.15) is 15.5 Å². The molecule has 1 saturated heterocycles. The number of carbonyl (C=O) groups is 1. The number of allylic oxidation sites excluding steroid dienone is 3. The van der Waals surface area contributed by atoms with E-state index in [-0.39, 0.29) is 5.92 Å². The molecule has 1 aliphatic heterocycles. The van der Waals surface area contributed by atoms with Gasteiger partial charge < -0.3 is 9.80 Å². The number of rotatable bonds is 6. The average molecular weight is 497 g/mol. The van der Waals surface area contributed by atoms with Gasteiger partial charge in [-0.05, 0) is 44.2 Å². The molecule has 3 aromatic rings. The third-order valence-electron chi connectivity index (χ3n) is 7.46. The minimum absolute atomic E-state index is 0.214. The minimum Gasteiger partial charge on any atom is -0.353 e. The van der Waals surface area contributed by atoms with Gasteiger partial charge in [0.1, 0.15) is 11.9 Å². The van der Waals surface area contributed by atoms with Gasteiger partial charge in [-0.3, -0.25) is 9.48 Å². The molecule has 0 atom stereocenters. The second kappa shape index (κ2) is 10.4. The third kappa shape index (κ3) is 4.92. The molecule has 190 valence electrons. The first kappa shape index (κ1) is 24.5. The molecule has 0 unspecified atom stereocenters. The lowest BCUT2D eigenvalue weighted by atomic mass is 10.0. The third-order valence-corrected chi connectivity index (χ3v) is 7.46. The van der Waals surface area contributed by atoms with E-state index in [0.29, 0.717) is 24.6 Å². The molecule has 1 amide bonds. The lowest BCUT2D eigenvalue weighted by Gasteiger charge is -2.37. The van der Waals surface area contributed by atoms with Gasteiger partial charge in [-0.25, -0.2) is 9.51 Å². The topological polar surface area (TPSA) is 94.8 Å². The number of nitriles is 1. The van der Waals surface area contributed by atoms with Crippen LogP contribution < -0.4 is 0 Å². The van der Waals surface area contributed by atoms with Crippen LogP contribution in [0.5, 0.6) is 0 Å².